The molecule has 0 aliphatic carbocycles. The maximum absolute atomic E-state index is 13.0. The topological polar surface area (TPSA) is 102 Å². The van der Waals surface area contributed by atoms with Crippen LogP contribution in [-0.2, 0) is 17.1 Å². The van der Waals surface area contributed by atoms with Crippen molar-refractivity contribution in [2.24, 2.45) is 7.05 Å². The van der Waals surface area contributed by atoms with Crippen LogP contribution < -0.4 is 9.46 Å². The van der Waals surface area contributed by atoms with Gasteiger partial charge in [0.25, 0.3) is 10.0 Å². The van der Waals surface area contributed by atoms with Crippen LogP contribution in [0.5, 0.6) is 5.88 Å². The van der Waals surface area contributed by atoms with E-state index in [2.05, 4.69) is 55.9 Å². The molecule has 1 fully saturated rings. The van der Waals surface area contributed by atoms with Gasteiger partial charge in [0.05, 0.1) is 11.9 Å². The summed E-state index contributed by atoms with van der Waals surface area (Å²) < 4.78 is 36.3. The monoisotopic (exact) mass is 532 g/mol. The zero-order valence-electron chi connectivity index (χ0n) is 22.0. The third kappa shape index (κ3) is 5.56. The minimum absolute atomic E-state index is 0.0323. The molecule has 2 atom stereocenters. The molecule has 1 aliphatic rings. The van der Waals surface area contributed by atoms with Gasteiger partial charge < -0.3 is 4.74 Å². The van der Waals surface area contributed by atoms with Crippen LogP contribution in [0.15, 0.2) is 71.9 Å². The van der Waals surface area contributed by atoms with E-state index in [1.807, 2.05) is 38.1 Å². The van der Waals surface area contributed by atoms with E-state index in [4.69, 9.17) is 4.74 Å². The molecule has 3 heterocycles. The van der Waals surface area contributed by atoms with E-state index in [1.165, 1.54) is 22.6 Å². The largest absolute Gasteiger partial charge is 0.473 e. The number of aromatic nitrogens is 4. The van der Waals surface area contributed by atoms with Crippen molar-refractivity contribution >= 4 is 16.0 Å². The second-order valence-electron chi connectivity index (χ2n) is 9.75. The van der Waals surface area contributed by atoms with Crippen molar-refractivity contribution in [3.8, 4) is 17.1 Å². The molecule has 0 radical (unpaired) electrons. The van der Waals surface area contributed by atoms with Crippen LogP contribution >= 0.6 is 0 Å². The SMILES string of the molecule is Cc1cccc(C)c1-c1cc(OC2CCN(C(C)c3ccccc3)C2)nc(NS(=O)(=O)c2cnn(C)c2)n1. The fourth-order valence-corrected chi connectivity index (χ4v) is 5.84. The normalized spacial score (nSPS) is 16.9. The molecule has 0 bridgehead atoms. The van der Waals surface area contributed by atoms with Gasteiger partial charge in [0, 0.05) is 44.0 Å². The van der Waals surface area contributed by atoms with Crippen LogP contribution in [0.2, 0.25) is 0 Å². The number of anilines is 1. The Balaban J connectivity index is 1.43. The molecule has 198 valence electrons. The Morgan fingerprint density at radius 1 is 1.05 bits per heavy atom. The molecule has 2 aromatic carbocycles. The number of hydrogen-bond acceptors (Lipinski definition) is 7. The standard InChI is InChI=1S/C28H32N6O3S/c1-19-9-8-10-20(2)27(19)25-15-26(31-28(30-25)32-38(35,36)24-16-29-33(4)18-24)37-23-13-14-34(17-23)21(3)22-11-6-5-7-12-22/h5-12,15-16,18,21,23H,13-14,17H2,1-4H3,(H,30,31,32). The van der Waals surface area contributed by atoms with E-state index < -0.39 is 10.0 Å². The molecule has 0 spiro atoms. The molecule has 2 unspecified atom stereocenters. The summed E-state index contributed by atoms with van der Waals surface area (Å²) in [6.07, 6.45) is 3.48. The molecule has 9 nitrogen and oxygen atoms in total. The van der Waals surface area contributed by atoms with Gasteiger partial charge in [-0.2, -0.15) is 10.1 Å². The number of ether oxygens (including phenoxy) is 1. The smallest absolute Gasteiger partial charge is 0.267 e. The van der Waals surface area contributed by atoms with Crippen molar-refractivity contribution in [3.63, 3.8) is 0 Å². The van der Waals surface area contributed by atoms with Crippen LogP contribution in [0.1, 0.15) is 36.1 Å². The van der Waals surface area contributed by atoms with Crippen LogP contribution in [-0.4, -0.2) is 52.3 Å². The number of sulfonamides is 1. The number of aryl methyl sites for hydroxylation is 3. The molecule has 4 aromatic rings. The Hall–Kier alpha value is -3.76. The summed E-state index contributed by atoms with van der Waals surface area (Å²) in [4.78, 5) is 11.5. The first-order valence-corrected chi connectivity index (χ1v) is 14.1. The van der Waals surface area contributed by atoms with Gasteiger partial charge in [-0.25, -0.2) is 18.1 Å². The molecule has 1 N–H and O–H groups in total. The van der Waals surface area contributed by atoms with Crippen molar-refractivity contribution in [2.45, 2.75) is 44.2 Å². The highest BCUT2D eigenvalue weighted by molar-refractivity contribution is 7.92. The highest BCUT2D eigenvalue weighted by Gasteiger charge is 2.29. The summed E-state index contributed by atoms with van der Waals surface area (Å²) in [6.45, 7) is 7.85. The Morgan fingerprint density at radius 3 is 2.47 bits per heavy atom. The summed E-state index contributed by atoms with van der Waals surface area (Å²) in [5, 5.41) is 3.97. The zero-order valence-corrected chi connectivity index (χ0v) is 22.8. The first-order chi connectivity index (χ1) is 18.2. The minimum atomic E-state index is -3.93. The maximum Gasteiger partial charge on any atom is 0.267 e. The molecule has 10 heteroatoms. The van der Waals surface area contributed by atoms with E-state index in [1.54, 1.807) is 13.1 Å². The number of nitrogens with one attached hydrogen (secondary N) is 1. The molecule has 1 aliphatic heterocycles. The zero-order chi connectivity index (χ0) is 26.9. The molecule has 0 amide bonds. The van der Waals surface area contributed by atoms with Crippen molar-refractivity contribution in [2.75, 3.05) is 17.8 Å². The second-order valence-corrected chi connectivity index (χ2v) is 11.4. The molecular formula is C28H32N6O3S. The Bertz CT molecular complexity index is 1520. The predicted molar refractivity (Wildman–Crippen MR) is 146 cm³/mol. The molecule has 2 aromatic heterocycles. The summed E-state index contributed by atoms with van der Waals surface area (Å²) in [5.41, 5.74) is 4.84. The summed E-state index contributed by atoms with van der Waals surface area (Å²) in [6, 6.07) is 18.5. The third-order valence-electron chi connectivity index (χ3n) is 6.95. The maximum atomic E-state index is 13.0. The number of hydrogen-bond donors (Lipinski definition) is 1. The molecule has 0 saturated carbocycles. The summed E-state index contributed by atoms with van der Waals surface area (Å²) >= 11 is 0. The summed E-state index contributed by atoms with van der Waals surface area (Å²) in [7, 11) is -2.27. The molecule has 5 rings (SSSR count). The fraction of sp³-hybridized carbons (Fsp3) is 0.321. The average molecular weight is 533 g/mol. The fourth-order valence-electron chi connectivity index (χ4n) is 4.91. The van der Waals surface area contributed by atoms with Gasteiger partial charge in [-0.15, -0.1) is 0 Å². The molecular weight excluding hydrogens is 500 g/mol. The second kappa shape index (κ2) is 10.5. The van der Waals surface area contributed by atoms with Gasteiger partial charge >= 0.3 is 0 Å². The minimum Gasteiger partial charge on any atom is -0.473 e. The first-order valence-electron chi connectivity index (χ1n) is 12.6. The van der Waals surface area contributed by atoms with E-state index >= 15 is 0 Å². The van der Waals surface area contributed by atoms with E-state index in [9.17, 15) is 8.42 Å². The molecule has 38 heavy (non-hydrogen) atoms. The van der Waals surface area contributed by atoms with Crippen molar-refractivity contribution in [1.82, 2.24) is 24.6 Å². The highest BCUT2D eigenvalue weighted by atomic mass is 32.2. The van der Waals surface area contributed by atoms with Gasteiger partial charge in [-0.05, 0) is 43.9 Å². The number of likely N-dealkylation sites (tertiary alicyclic amines) is 1. The number of nitrogens with zero attached hydrogens (tertiary/aromatic N) is 5. The highest BCUT2D eigenvalue weighted by Crippen LogP contribution is 2.31. The van der Waals surface area contributed by atoms with Gasteiger partial charge in [-0.1, -0.05) is 48.5 Å². The number of rotatable bonds is 8. The lowest BCUT2D eigenvalue weighted by molar-refractivity contribution is 0.177. The van der Waals surface area contributed by atoms with Crippen molar-refractivity contribution < 1.29 is 13.2 Å². The quantitative estimate of drug-likeness (QED) is 0.356. The Kier molecular flexibility index (Phi) is 7.18. The van der Waals surface area contributed by atoms with Crippen LogP contribution in [0.3, 0.4) is 0 Å². The first kappa shape index (κ1) is 25.9. The Morgan fingerprint density at radius 2 is 1.79 bits per heavy atom. The van der Waals surface area contributed by atoms with Gasteiger partial charge in [0.1, 0.15) is 11.0 Å². The average Bonchev–Trinajstić information content (AvgIpc) is 3.53. The Labute approximate surface area is 223 Å². The molecule has 1 saturated heterocycles. The lowest BCUT2D eigenvalue weighted by Gasteiger charge is -2.24. The third-order valence-corrected chi connectivity index (χ3v) is 8.23. The number of benzene rings is 2. The predicted octanol–water partition coefficient (Wildman–Crippen LogP) is 4.51. The van der Waals surface area contributed by atoms with Crippen LogP contribution in [0.4, 0.5) is 5.95 Å². The van der Waals surface area contributed by atoms with E-state index in [-0.39, 0.29) is 23.0 Å². The van der Waals surface area contributed by atoms with Crippen LogP contribution in [0.25, 0.3) is 11.3 Å². The van der Waals surface area contributed by atoms with Gasteiger partial charge in [0.2, 0.25) is 11.8 Å². The van der Waals surface area contributed by atoms with Crippen molar-refractivity contribution in [1.29, 1.82) is 0 Å². The lowest BCUT2D eigenvalue weighted by Crippen LogP contribution is -2.27. The van der Waals surface area contributed by atoms with Crippen molar-refractivity contribution in [3.05, 3.63) is 83.7 Å². The van der Waals surface area contributed by atoms with Gasteiger partial charge in [-0.3, -0.25) is 9.58 Å². The summed E-state index contributed by atoms with van der Waals surface area (Å²) in [5.74, 6) is 0.289. The van der Waals surface area contributed by atoms with E-state index in [0.29, 0.717) is 11.6 Å². The van der Waals surface area contributed by atoms with Gasteiger partial charge in [0.15, 0.2) is 0 Å². The lowest BCUT2D eigenvalue weighted by atomic mass is 10.00. The van der Waals surface area contributed by atoms with E-state index in [0.717, 1.165) is 36.2 Å². The van der Waals surface area contributed by atoms with Crippen LogP contribution in [0, 0.1) is 13.8 Å².